The van der Waals surface area contributed by atoms with E-state index in [1.54, 1.807) is 11.0 Å². The third kappa shape index (κ3) is 5.99. The van der Waals surface area contributed by atoms with Crippen LogP contribution in [0.1, 0.15) is 49.5 Å². The van der Waals surface area contributed by atoms with Crippen molar-refractivity contribution in [3.8, 4) is 5.75 Å². The van der Waals surface area contributed by atoms with Crippen LogP contribution in [0.3, 0.4) is 0 Å². The molecule has 0 N–H and O–H groups in total. The monoisotopic (exact) mass is 372 g/mol. The summed E-state index contributed by atoms with van der Waals surface area (Å²) in [5.41, 5.74) is 1.08. The van der Waals surface area contributed by atoms with Gasteiger partial charge in [0.2, 0.25) is 5.78 Å². The highest BCUT2D eigenvalue weighted by Crippen LogP contribution is 2.27. The topological polar surface area (TPSA) is 60.2 Å². The number of amides is 1. The van der Waals surface area contributed by atoms with Gasteiger partial charge in [0.25, 0.3) is 6.54 Å². The maximum atomic E-state index is 12.2. The minimum atomic E-state index is -0.475. The molecular weight excluding hydrogens is 344 g/mol. The summed E-state index contributed by atoms with van der Waals surface area (Å²) >= 11 is 0. The van der Waals surface area contributed by atoms with Crippen molar-refractivity contribution < 1.29 is 19.1 Å². The fraction of sp³-hybridized carbons (Fsp3) is 0.571. The zero-order chi connectivity index (χ0) is 20.0. The van der Waals surface area contributed by atoms with Crippen molar-refractivity contribution in [2.75, 3.05) is 26.7 Å². The summed E-state index contributed by atoms with van der Waals surface area (Å²) in [7, 11) is 1.53. The van der Waals surface area contributed by atoms with E-state index in [9.17, 15) is 9.59 Å². The number of carbonyl (C=O) groups excluding carboxylic acids is 2. The lowest BCUT2D eigenvalue weighted by molar-refractivity contribution is 0.0184. The fourth-order valence-corrected chi connectivity index (χ4v) is 3.23. The first-order valence-corrected chi connectivity index (χ1v) is 9.24. The van der Waals surface area contributed by atoms with Crippen molar-refractivity contribution in [1.29, 1.82) is 0 Å². The number of carbonyl (C=O) groups is 2. The molecule has 0 radical (unpaired) electrons. The number of piperidine rings is 1. The first-order chi connectivity index (χ1) is 12.7. The fourth-order valence-electron chi connectivity index (χ4n) is 3.23. The number of benzene rings is 1. The SMILES string of the molecule is [C-]#[N+]CC(=O)c1ccc(CC2CCN(C(=O)OC(C)(C)C)CC2)cc1OC. The molecule has 27 heavy (non-hydrogen) atoms. The Morgan fingerprint density at radius 1 is 1.26 bits per heavy atom. The summed E-state index contributed by atoms with van der Waals surface area (Å²) in [5, 5.41) is 0. The van der Waals surface area contributed by atoms with Gasteiger partial charge in [-0.3, -0.25) is 4.79 Å². The van der Waals surface area contributed by atoms with Gasteiger partial charge in [0.1, 0.15) is 11.4 Å². The van der Waals surface area contributed by atoms with Gasteiger partial charge in [0.15, 0.2) is 0 Å². The van der Waals surface area contributed by atoms with Crippen molar-refractivity contribution in [2.45, 2.75) is 45.6 Å². The van der Waals surface area contributed by atoms with Gasteiger partial charge in [-0.25, -0.2) is 11.4 Å². The quantitative estimate of drug-likeness (QED) is 0.579. The number of hydrogen-bond donors (Lipinski definition) is 0. The molecule has 1 aliphatic rings. The summed E-state index contributed by atoms with van der Waals surface area (Å²) in [6.45, 7) is 13.7. The normalized spacial score (nSPS) is 15.1. The lowest BCUT2D eigenvalue weighted by Crippen LogP contribution is -2.42. The van der Waals surface area contributed by atoms with Crippen molar-refractivity contribution in [2.24, 2.45) is 5.92 Å². The molecule has 146 valence electrons. The Balaban J connectivity index is 1.94. The third-order valence-electron chi connectivity index (χ3n) is 4.58. The zero-order valence-corrected chi connectivity index (χ0v) is 16.6. The largest absolute Gasteiger partial charge is 0.496 e. The number of hydrogen-bond acceptors (Lipinski definition) is 4. The molecule has 0 aliphatic carbocycles. The molecule has 1 heterocycles. The van der Waals surface area contributed by atoms with Crippen molar-refractivity contribution in [3.63, 3.8) is 0 Å². The molecule has 2 rings (SSSR count). The average molecular weight is 372 g/mol. The zero-order valence-electron chi connectivity index (χ0n) is 16.6. The van der Waals surface area contributed by atoms with Crippen molar-refractivity contribution >= 4 is 11.9 Å². The number of ether oxygens (including phenoxy) is 2. The van der Waals surface area contributed by atoms with Crippen LogP contribution in [0.5, 0.6) is 5.75 Å². The van der Waals surface area contributed by atoms with E-state index in [-0.39, 0.29) is 18.4 Å². The Hall–Kier alpha value is -2.55. The lowest BCUT2D eigenvalue weighted by Gasteiger charge is -2.33. The van der Waals surface area contributed by atoms with Crippen LogP contribution in [-0.4, -0.2) is 49.1 Å². The summed E-state index contributed by atoms with van der Waals surface area (Å²) in [6, 6.07) is 5.56. The number of likely N-dealkylation sites (tertiary alicyclic amines) is 1. The molecule has 1 fully saturated rings. The van der Waals surface area contributed by atoms with Gasteiger partial charge in [-0.1, -0.05) is 6.07 Å². The van der Waals surface area contributed by atoms with Crippen LogP contribution in [0.25, 0.3) is 4.85 Å². The van der Waals surface area contributed by atoms with Crippen LogP contribution in [0, 0.1) is 12.5 Å². The Bertz CT molecular complexity index is 723. The molecule has 6 heteroatoms. The summed E-state index contributed by atoms with van der Waals surface area (Å²) in [4.78, 5) is 29.1. The van der Waals surface area contributed by atoms with E-state index in [4.69, 9.17) is 16.0 Å². The van der Waals surface area contributed by atoms with Crippen LogP contribution in [0.2, 0.25) is 0 Å². The van der Waals surface area contributed by atoms with Crippen molar-refractivity contribution in [3.05, 3.63) is 40.7 Å². The highest BCUT2D eigenvalue weighted by atomic mass is 16.6. The van der Waals surface area contributed by atoms with Gasteiger partial charge in [-0.05, 0) is 63.6 Å². The number of rotatable bonds is 5. The van der Waals surface area contributed by atoms with E-state index in [0.717, 1.165) is 24.8 Å². The second kappa shape index (κ2) is 8.90. The Morgan fingerprint density at radius 2 is 1.93 bits per heavy atom. The summed E-state index contributed by atoms with van der Waals surface area (Å²) in [6.07, 6.45) is 2.46. The van der Waals surface area contributed by atoms with Gasteiger partial charge in [-0.15, -0.1) is 0 Å². The predicted molar refractivity (Wildman–Crippen MR) is 103 cm³/mol. The summed E-state index contributed by atoms with van der Waals surface area (Å²) in [5.74, 6) is 0.768. The molecule has 0 aromatic heterocycles. The van der Waals surface area contributed by atoms with E-state index in [0.29, 0.717) is 30.3 Å². The predicted octanol–water partition coefficient (Wildman–Crippen LogP) is 3.99. The van der Waals surface area contributed by atoms with E-state index in [1.165, 1.54) is 7.11 Å². The van der Waals surface area contributed by atoms with Gasteiger partial charge in [-0.2, -0.15) is 0 Å². The lowest BCUT2D eigenvalue weighted by atomic mass is 9.89. The molecule has 1 aromatic rings. The smallest absolute Gasteiger partial charge is 0.410 e. The van der Waals surface area contributed by atoms with Crippen LogP contribution in [0.4, 0.5) is 4.79 Å². The molecule has 1 saturated heterocycles. The highest BCUT2D eigenvalue weighted by Gasteiger charge is 2.27. The highest BCUT2D eigenvalue weighted by molar-refractivity contribution is 6.01. The molecule has 1 amide bonds. The van der Waals surface area contributed by atoms with Crippen LogP contribution < -0.4 is 4.74 Å². The molecule has 1 aromatic carbocycles. The summed E-state index contributed by atoms with van der Waals surface area (Å²) < 4.78 is 10.8. The molecule has 0 unspecified atom stereocenters. The molecule has 0 saturated carbocycles. The molecule has 0 atom stereocenters. The number of nitrogens with zero attached hydrogens (tertiary/aromatic N) is 2. The molecule has 0 spiro atoms. The Morgan fingerprint density at radius 3 is 2.48 bits per heavy atom. The van der Waals surface area contributed by atoms with E-state index < -0.39 is 5.60 Å². The van der Waals surface area contributed by atoms with E-state index in [1.807, 2.05) is 32.9 Å². The molecular formula is C21H28N2O4. The number of Topliss-reactive ketones (excluding diaryl/α,β-unsaturated/α-hetero) is 1. The maximum Gasteiger partial charge on any atom is 0.410 e. The van der Waals surface area contributed by atoms with E-state index in [2.05, 4.69) is 4.85 Å². The molecule has 0 bridgehead atoms. The second-order valence-electron chi connectivity index (χ2n) is 7.89. The van der Waals surface area contributed by atoms with Crippen LogP contribution in [0.15, 0.2) is 18.2 Å². The average Bonchev–Trinajstić information content (AvgIpc) is 2.61. The van der Waals surface area contributed by atoms with Crippen LogP contribution in [-0.2, 0) is 11.2 Å². The van der Waals surface area contributed by atoms with Gasteiger partial charge in [0.05, 0.1) is 12.7 Å². The third-order valence-corrected chi connectivity index (χ3v) is 4.58. The molecule has 6 nitrogen and oxygen atoms in total. The Labute approximate surface area is 161 Å². The first kappa shape index (κ1) is 20.8. The van der Waals surface area contributed by atoms with Gasteiger partial charge < -0.3 is 19.2 Å². The number of methoxy groups -OCH3 is 1. The molecule has 1 aliphatic heterocycles. The Kier molecular flexibility index (Phi) is 6.84. The number of ketones is 1. The maximum absolute atomic E-state index is 12.2. The minimum absolute atomic E-state index is 0.168. The minimum Gasteiger partial charge on any atom is -0.496 e. The standard InChI is InChI=1S/C21H28N2O4/c1-21(2,3)27-20(25)23-10-8-15(9-11-23)12-16-6-7-17(18(24)14-22-4)19(13-16)26-5/h6-7,13,15H,8-12,14H2,1-3,5H3. The van der Waals surface area contributed by atoms with E-state index >= 15 is 0 Å². The van der Waals surface area contributed by atoms with Crippen LogP contribution >= 0.6 is 0 Å². The second-order valence-corrected chi connectivity index (χ2v) is 7.89. The van der Waals surface area contributed by atoms with Gasteiger partial charge in [0, 0.05) is 13.1 Å². The van der Waals surface area contributed by atoms with Gasteiger partial charge >= 0.3 is 6.09 Å². The van der Waals surface area contributed by atoms with Crippen molar-refractivity contribution in [1.82, 2.24) is 4.90 Å². The first-order valence-electron chi connectivity index (χ1n) is 9.24.